The summed E-state index contributed by atoms with van der Waals surface area (Å²) in [7, 11) is 0. The van der Waals surface area contributed by atoms with Crippen LogP contribution in [-0.4, -0.2) is 85.7 Å². The van der Waals surface area contributed by atoms with Crippen molar-refractivity contribution in [3.05, 3.63) is 48.0 Å². The number of aliphatic carboxylic acids is 2. The number of carboxylic acids is 2. The predicted molar refractivity (Wildman–Crippen MR) is 145 cm³/mol. The van der Waals surface area contributed by atoms with E-state index >= 15 is 0 Å². The summed E-state index contributed by atoms with van der Waals surface area (Å²) in [6.45, 7) is 0.424. The molecule has 1 aromatic heterocycles. The third-order valence-corrected chi connectivity index (χ3v) is 6.19. The fourth-order valence-electron chi connectivity index (χ4n) is 3.89. The minimum absolute atomic E-state index is 0.0245. The number of unbranched alkanes of at least 4 members (excludes halogenated alkanes) is 1. The number of carboxylic acid groups (broad SMARTS) is 2. The normalized spacial score (nSPS) is 13.8. The summed E-state index contributed by atoms with van der Waals surface area (Å²) in [6.07, 6.45) is 3.34. The number of H-pyrrole nitrogens is 1. The average molecular weight is 576 g/mol. The van der Waals surface area contributed by atoms with E-state index in [1.807, 2.05) is 0 Å². The molecule has 1 aromatic carbocycles. The number of nitrogens with one attached hydrogen (secondary N) is 4. The standard InChI is InChI=1S/C26H37N7O8/c27-10-2-1-3-18(28)23(37)31-19(8-9-22(35)36)24(38)32-20(11-15-4-6-17(34)7-5-15)25(39)33-21(26(40)41)12-16-13-29-14-30-16/h4-7,13-14,18-21,34H,1-3,8-12,27-28H2,(H,29,30)(H,31,37)(H,32,38)(H,33,39)(H,35,36)(H,40,41). The van der Waals surface area contributed by atoms with Crippen LogP contribution in [-0.2, 0) is 36.8 Å². The lowest BCUT2D eigenvalue weighted by Crippen LogP contribution is -2.58. The van der Waals surface area contributed by atoms with E-state index in [9.17, 15) is 34.2 Å². The van der Waals surface area contributed by atoms with Gasteiger partial charge in [0, 0.05) is 31.2 Å². The van der Waals surface area contributed by atoms with Gasteiger partial charge in [-0.2, -0.15) is 0 Å². The van der Waals surface area contributed by atoms with Crippen LogP contribution in [0.1, 0.15) is 43.4 Å². The monoisotopic (exact) mass is 575 g/mol. The molecule has 0 radical (unpaired) electrons. The number of aromatic nitrogens is 2. The molecule has 0 saturated carbocycles. The van der Waals surface area contributed by atoms with Crippen molar-refractivity contribution in [3.8, 4) is 5.75 Å². The lowest BCUT2D eigenvalue weighted by molar-refractivity contribution is -0.142. The molecular weight excluding hydrogens is 538 g/mol. The van der Waals surface area contributed by atoms with Crippen molar-refractivity contribution in [2.45, 2.75) is 69.1 Å². The van der Waals surface area contributed by atoms with Crippen molar-refractivity contribution in [1.29, 1.82) is 0 Å². The van der Waals surface area contributed by atoms with Gasteiger partial charge in [-0.3, -0.25) is 19.2 Å². The minimum Gasteiger partial charge on any atom is -0.508 e. The van der Waals surface area contributed by atoms with E-state index in [0.717, 1.165) is 0 Å². The zero-order chi connectivity index (χ0) is 30.4. The number of rotatable bonds is 18. The highest BCUT2D eigenvalue weighted by atomic mass is 16.4. The van der Waals surface area contributed by atoms with Gasteiger partial charge in [-0.25, -0.2) is 9.78 Å². The van der Waals surface area contributed by atoms with Gasteiger partial charge in [-0.15, -0.1) is 0 Å². The second-order valence-corrected chi connectivity index (χ2v) is 9.50. The second kappa shape index (κ2) is 16.6. The quantitative estimate of drug-likeness (QED) is 0.0949. The van der Waals surface area contributed by atoms with E-state index in [2.05, 4.69) is 25.9 Å². The van der Waals surface area contributed by atoms with E-state index in [1.54, 1.807) is 0 Å². The molecule has 0 bridgehead atoms. The lowest BCUT2D eigenvalue weighted by Gasteiger charge is -2.25. The molecule has 0 aliphatic carbocycles. The van der Waals surface area contributed by atoms with Crippen molar-refractivity contribution in [2.75, 3.05) is 6.54 Å². The highest BCUT2D eigenvalue weighted by molar-refractivity contribution is 5.94. The first kappa shape index (κ1) is 32.7. The number of hydrogen-bond donors (Lipinski definition) is 9. The largest absolute Gasteiger partial charge is 0.508 e. The maximum Gasteiger partial charge on any atom is 0.326 e. The van der Waals surface area contributed by atoms with Crippen LogP contribution < -0.4 is 27.4 Å². The molecule has 0 saturated heterocycles. The molecule has 3 amide bonds. The van der Waals surface area contributed by atoms with Crippen LogP contribution in [0, 0.1) is 0 Å². The van der Waals surface area contributed by atoms with Gasteiger partial charge < -0.3 is 47.7 Å². The van der Waals surface area contributed by atoms with Crippen LogP contribution in [0.2, 0.25) is 0 Å². The van der Waals surface area contributed by atoms with Gasteiger partial charge in [-0.1, -0.05) is 18.6 Å². The Balaban J connectivity index is 2.24. The lowest BCUT2D eigenvalue weighted by atomic mass is 10.0. The number of benzene rings is 1. The third-order valence-electron chi connectivity index (χ3n) is 6.19. The Morgan fingerprint density at radius 2 is 1.49 bits per heavy atom. The van der Waals surface area contributed by atoms with Gasteiger partial charge in [0.2, 0.25) is 17.7 Å². The van der Waals surface area contributed by atoms with Crippen molar-refractivity contribution in [2.24, 2.45) is 11.5 Å². The van der Waals surface area contributed by atoms with Crippen LogP contribution in [0.25, 0.3) is 0 Å². The summed E-state index contributed by atoms with van der Waals surface area (Å²) in [5, 5.41) is 35.8. The number of nitrogens with zero attached hydrogens (tertiary/aromatic N) is 1. The zero-order valence-electron chi connectivity index (χ0n) is 22.4. The average Bonchev–Trinajstić information content (AvgIpc) is 3.44. The van der Waals surface area contributed by atoms with Crippen LogP contribution in [0.3, 0.4) is 0 Å². The van der Waals surface area contributed by atoms with Gasteiger partial charge in [0.1, 0.15) is 23.9 Å². The molecule has 15 nitrogen and oxygen atoms in total. The van der Waals surface area contributed by atoms with Crippen molar-refractivity contribution >= 4 is 29.7 Å². The molecule has 11 N–H and O–H groups in total. The van der Waals surface area contributed by atoms with Crippen LogP contribution in [0.4, 0.5) is 0 Å². The maximum atomic E-state index is 13.3. The maximum absolute atomic E-state index is 13.3. The third kappa shape index (κ3) is 11.6. The number of carbonyl (C=O) groups excluding carboxylic acids is 3. The van der Waals surface area contributed by atoms with Crippen LogP contribution >= 0.6 is 0 Å². The summed E-state index contributed by atoms with van der Waals surface area (Å²) < 4.78 is 0. The predicted octanol–water partition coefficient (Wildman–Crippen LogP) is -1.24. The smallest absolute Gasteiger partial charge is 0.326 e. The molecule has 0 fully saturated rings. The molecular formula is C26H37N7O8. The number of phenols is 1. The van der Waals surface area contributed by atoms with Gasteiger partial charge in [-0.05, 0) is 43.5 Å². The Bertz CT molecular complexity index is 1160. The summed E-state index contributed by atoms with van der Waals surface area (Å²) in [6, 6.07) is 0.815. The number of nitrogens with two attached hydrogens (primary N) is 2. The SMILES string of the molecule is NCCCCC(N)C(=O)NC(CCC(=O)O)C(=O)NC(Cc1ccc(O)cc1)C(=O)NC(Cc1cnc[nH]1)C(=O)O. The van der Waals surface area contributed by atoms with Crippen molar-refractivity contribution in [3.63, 3.8) is 0 Å². The molecule has 4 atom stereocenters. The first-order chi connectivity index (χ1) is 19.5. The Morgan fingerprint density at radius 1 is 0.854 bits per heavy atom. The van der Waals surface area contributed by atoms with Gasteiger partial charge in [0.05, 0.1) is 12.4 Å². The van der Waals surface area contributed by atoms with Crippen molar-refractivity contribution < 1.29 is 39.3 Å². The number of imidazole rings is 1. The van der Waals surface area contributed by atoms with Gasteiger partial charge in [0.25, 0.3) is 0 Å². The molecule has 2 aromatic rings. The minimum atomic E-state index is -1.36. The molecule has 1 heterocycles. The van der Waals surface area contributed by atoms with E-state index in [4.69, 9.17) is 16.6 Å². The summed E-state index contributed by atoms with van der Waals surface area (Å²) in [5.41, 5.74) is 12.4. The highest BCUT2D eigenvalue weighted by Crippen LogP contribution is 2.12. The Labute approximate surface area is 236 Å². The highest BCUT2D eigenvalue weighted by Gasteiger charge is 2.31. The van der Waals surface area contributed by atoms with E-state index in [0.29, 0.717) is 37.1 Å². The molecule has 4 unspecified atom stereocenters. The number of hydrogen-bond acceptors (Lipinski definition) is 9. The topological polar surface area (TPSA) is 263 Å². The first-order valence-electron chi connectivity index (χ1n) is 13.1. The van der Waals surface area contributed by atoms with Crippen LogP contribution in [0.15, 0.2) is 36.8 Å². The number of carbonyl (C=O) groups is 5. The number of aromatic hydroxyl groups is 1. The second-order valence-electron chi connectivity index (χ2n) is 9.50. The molecule has 0 aliphatic heterocycles. The Kier molecular flexibility index (Phi) is 13.2. The van der Waals surface area contributed by atoms with E-state index in [1.165, 1.54) is 36.8 Å². The zero-order valence-corrected chi connectivity index (χ0v) is 22.4. The fraction of sp³-hybridized carbons (Fsp3) is 0.462. The van der Waals surface area contributed by atoms with Gasteiger partial charge >= 0.3 is 11.9 Å². The first-order valence-corrected chi connectivity index (χ1v) is 13.1. The number of amides is 3. The summed E-state index contributed by atoms with van der Waals surface area (Å²) in [4.78, 5) is 68.9. The molecule has 41 heavy (non-hydrogen) atoms. The number of aromatic amines is 1. The van der Waals surface area contributed by atoms with Crippen molar-refractivity contribution in [1.82, 2.24) is 25.9 Å². The van der Waals surface area contributed by atoms with E-state index in [-0.39, 0.29) is 25.0 Å². The number of phenolic OH excluding ortho intramolecular Hbond substituents is 1. The fourth-order valence-corrected chi connectivity index (χ4v) is 3.89. The molecule has 2 rings (SSSR count). The summed E-state index contributed by atoms with van der Waals surface area (Å²) in [5.74, 6) is -4.90. The Morgan fingerprint density at radius 3 is 2.07 bits per heavy atom. The molecule has 0 spiro atoms. The molecule has 0 aliphatic rings. The Hall–Kier alpha value is -4.50. The van der Waals surface area contributed by atoms with Gasteiger partial charge in [0.15, 0.2) is 0 Å². The van der Waals surface area contributed by atoms with E-state index < -0.39 is 60.2 Å². The van der Waals surface area contributed by atoms with Crippen LogP contribution in [0.5, 0.6) is 5.75 Å². The summed E-state index contributed by atoms with van der Waals surface area (Å²) >= 11 is 0. The molecule has 224 valence electrons. The molecule has 15 heteroatoms.